The van der Waals surface area contributed by atoms with Gasteiger partial charge in [0.1, 0.15) is 11.8 Å². The summed E-state index contributed by atoms with van der Waals surface area (Å²) in [4.78, 5) is 29.2. The topological polar surface area (TPSA) is 77.1 Å². The number of fused-ring (bicyclic) bond motifs is 1. The fourth-order valence-corrected chi connectivity index (χ4v) is 4.47. The third-order valence-corrected chi connectivity index (χ3v) is 6.32. The molecule has 0 aromatic heterocycles. The first-order valence-electron chi connectivity index (χ1n) is 12.9. The molecule has 7 nitrogen and oxygen atoms in total. The van der Waals surface area contributed by atoms with Crippen LogP contribution in [0.3, 0.4) is 0 Å². The van der Waals surface area contributed by atoms with Crippen molar-refractivity contribution in [1.29, 1.82) is 0 Å². The van der Waals surface area contributed by atoms with Crippen LogP contribution in [0.25, 0.3) is 0 Å². The summed E-state index contributed by atoms with van der Waals surface area (Å²) in [5, 5.41) is 3.10. The summed E-state index contributed by atoms with van der Waals surface area (Å²) in [6.45, 7) is 6.32. The Labute approximate surface area is 224 Å². The smallest absolute Gasteiger partial charge is 0.243 e. The molecule has 0 radical (unpaired) electrons. The van der Waals surface area contributed by atoms with Gasteiger partial charge >= 0.3 is 0 Å². The number of carbonyl (C=O) groups excluding carboxylic acids is 2. The Hall–Kier alpha value is -4.00. The third kappa shape index (κ3) is 7.28. The molecule has 0 bridgehead atoms. The maximum Gasteiger partial charge on any atom is 0.243 e. The molecule has 200 valence electrons. The van der Waals surface area contributed by atoms with Crippen molar-refractivity contribution in [3.05, 3.63) is 89.5 Å². The second-order valence-corrected chi connectivity index (χ2v) is 10.5. The summed E-state index contributed by atoms with van der Waals surface area (Å²) in [5.41, 5.74) is 2.41. The largest absolute Gasteiger partial charge is 0.497 e. The van der Waals surface area contributed by atoms with Gasteiger partial charge in [-0.1, -0.05) is 48.5 Å². The molecule has 1 N–H and O–H groups in total. The minimum atomic E-state index is -0.688. The number of nitrogens with zero attached hydrogens (tertiary/aromatic N) is 1. The first-order chi connectivity index (χ1) is 18.2. The monoisotopic (exact) mass is 516 g/mol. The molecule has 3 aromatic rings. The number of hydrogen-bond donors (Lipinski definition) is 1. The first-order valence-corrected chi connectivity index (χ1v) is 12.9. The predicted octanol–water partition coefficient (Wildman–Crippen LogP) is 4.91. The predicted molar refractivity (Wildman–Crippen MR) is 146 cm³/mol. The molecule has 0 aliphatic carbocycles. The van der Waals surface area contributed by atoms with E-state index in [1.807, 2.05) is 93.6 Å². The van der Waals surface area contributed by atoms with Gasteiger partial charge in [0.05, 0.1) is 7.11 Å². The highest BCUT2D eigenvalue weighted by molar-refractivity contribution is 5.88. The zero-order chi connectivity index (χ0) is 27.1. The normalized spacial score (nSPS) is 13.1. The lowest BCUT2D eigenvalue weighted by atomic mass is 9.99. The van der Waals surface area contributed by atoms with Gasteiger partial charge in [-0.05, 0) is 68.1 Å². The van der Waals surface area contributed by atoms with Crippen molar-refractivity contribution in [2.75, 3.05) is 13.9 Å². The molecule has 0 unspecified atom stereocenters. The first kappa shape index (κ1) is 27.0. The van der Waals surface area contributed by atoms with E-state index in [9.17, 15) is 9.59 Å². The van der Waals surface area contributed by atoms with Crippen LogP contribution >= 0.6 is 0 Å². The SMILES string of the molecule is COc1cccc(CN(C(=O)CCc2ccc3c(c2)OCO3)[C@@H](Cc2ccccc2)C(=O)NC(C)(C)C)c1. The van der Waals surface area contributed by atoms with Crippen LogP contribution in [0.1, 0.15) is 43.9 Å². The Morgan fingerprint density at radius 1 is 0.921 bits per heavy atom. The number of hydrogen-bond acceptors (Lipinski definition) is 5. The fraction of sp³-hybridized carbons (Fsp3) is 0.355. The van der Waals surface area contributed by atoms with Crippen LogP contribution in [0.4, 0.5) is 0 Å². The molecule has 1 aliphatic rings. The van der Waals surface area contributed by atoms with Crippen LogP contribution in [-0.4, -0.2) is 42.2 Å². The standard InChI is InChI=1S/C31H36N2O5/c1-31(2,3)32-30(35)26(18-22-9-6-5-7-10-22)33(20-24-11-8-12-25(17-24)36-4)29(34)16-14-23-13-15-27-28(19-23)38-21-37-27/h5-13,15,17,19,26H,14,16,18,20-21H2,1-4H3,(H,32,35)/t26-/m0/s1. The average molecular weight is 517 g/mol. The molecule has 0 fully saturated rings. The van der Waals surface area contributed by atoms with Gasteiger partial charge in [0.15, 0.2) is 11.5 Å². The Balaban J connectivity index is 1.62. The molecule has 2 amide bonds. The summed E-state index contributed by atoms with van der Waals surface area (Å²) in [5.74, 6) is 1.82. The van der Waals surface area contributed by atoms with E-state index in [0.717, 1.165) is 16.7 Å². The summed E-state index contributed by atoms with van der Waals surface area (Å²) in [6.07, 6.45) is 1.17. The minimum absolute atomic E-state index is 0.101. The van der Waals surface area contributed by atoms with Gasteiger partial charge in [-0.25, -0.2) is 0 Å². The number of carbonyl (C=O) groups is 2. The number of methoxy groups -OCH3 is 1. The number of ether oxygens (including phenoxy) is 3. The van der Waals surface area contributed by atoms with Crippen molar-refractivity contribution in [2.24, 2.45) is 0 Å². The molecule has 0 saturated heterocycles. The van der Waals surface area contributed by atoms with E-state index in [1.54, 1.807) is 12.0 Å². The molecule has 38 heavy (non-hydrogen) atoms. The Bertz CT molecular complexity index is 1250. The van der Waals surface area contributed by atoms with Gasteiger partial charge in [-0.15, -0.1) is 0 Å². The van der Waals surface area contributed by atoms with Crippen molar-refractivity contribution in [2.45, 2.75) is 58.2 Å². The highest BCUT2D eigenvalue weighted by Crippen LogP contribution is 2.33. The molecule has 3 aromatic carbocycles. The molecular weight excluding hydrogens is 480 g/mol. The number of aryl methyl sites for hydroxylation is 1. The zero-order valence-electron chi connectivity index (χ0n) is 22.5. The Morgan fingerprint density at radius 2 is 1.66 bits per heavy atom. The maximum atomic E-state index is 13.9. The van der Waals surface area contributed by atoms with E-state index in [-0.39, 0.29) is 31.6 Å². The molecule has 7 heteroatoms. The van der Waals surface area contributed by atoms with Crippen LogP contribution < -0.4 is 19.5 Å². The van der Waals surface area contributed by atoms with Crippen LogP contribution in [0.2, 0.25) is 0 Å². The second-order valence-electron chi connectivity index (χ2n) is 10.5. The van der Waals surface area contributed by atoms with Crippen LogP contribution in [-0.2, 0) is 29.0 Å². The van der Waals surface area contributed by atoms with E-state index in [0.29, 0.717) is 30.1 Å². The van der Waals surface area contributed by atoms with Gasteiger partial charge in [-0.3, -0.25) is 9.59 Å². The Morgan fingerprint density at radius 3 is 2.39 bits per heavy atom. The molecule has 1 aliphatic heterocycles. The molecule has 1 heterocycles. The highest BCUT2D eigenvalue weighted by Gasteiger charge is 2.32. The van der Waals surface area contributed by atoms with Crippen molar-refractivity contribution >= 4 is 11.8 Å². The van der Waals surface area contributed by atoms with Gasteiger partial charge in [-0.2, -0.15) is 0 Å². The van der Waals surface area contributed by atoms with E-state index in [4.69, 9.17) is 14.2 Å². The summed E-state index contributed by atoms with van der Waals surface area (Å²) >= 11 is 0. The summed E-state index contributed by atoms with van der Waals surface area (Å²) in [7, 11) is 1.61. The lowest BCUT2D eigenvalue weighted by Crippen LogP contribution is -2.54. The van der Waals surface area contributed by atoms with E-state index < -0.39 is 11.6 Å². The molecule has 4 rings (SSSR count). The van der Waals surface area contributed by atoms with Crippen LogP contribution in [0, 0.1) is 0 Å². The number of nitrogens with one attached hydrogen (secondary N) is 1. The highest BCUT2D eigenvalue weighted by atomic mass is 16.7. The van der Waals surface area contributed by atoms with Crippen molar-refractivity contribution < 1.29 is 23.8 Å². The summed E-state index contributed by atoms with van der Waals surface area (Å²) < 4.78 is 16.3. The lowest BCUT2D eigenvalue weighted by molar-refractivity contribution is -0.141. The van der Waals surface area contributed by atoms with Gasteiger partial charge in [0, 0.05) is 24.9 Å². The van der Waals surface area contributed by atoms with E-state index in [2.05, 4.69) is 5.32 Å². The third-order valence-electron chi connectivity index (χ3n) is 6.32. The quantitative estimate of drug-likeness (QED) is 0.414. The minimum Gasteiger partial charge on any atom is -0.497 e. The average Bonchev–Trinajstić information content (AvgIpc) is 3.37. The fourth-order valence-electron chi connectivity index (χ4n) is 4.47. The molecular formula is C31H36N2O5. The molecule has 1 atom stereocenters. The van der Waals surface area contributed by atoms with Crippen molar-refractivity contribution in [1.82, 2.24) is 10.2 Å². The molecule has 0 saturated carbocycles. The van der Waals surface area contributed by atoms with Gasteiger partial charge in [0.25, 0.3) is 0 Å². The second kappa shape index (κ2) is 12.0. The van der Waals surface area contributed by atoms with Gasteiger partial charge in [0.2, 0.25) is 18.6 Å². The van der Waals surface area contributed by atoms with Crippen molar-refractivity contribution in [3.63, 3.8) is 0 Å². The van der Waals surface area contributed by atoms with Crippen LogP contribution in [0.5, 0.6) is 17.2 Å². The van der Waals surface area contributed by atoms with E-state index >= 15 is 0 Å². The van der Waals surface area contributed by atoms with Crippen molar-refractivity contribution in [3.8, 4) is 17.2 Å². The molecule has 0 spiro atoms. The zero-order valence-corrected chi connectivity index (χ0v) is 22.5. The number of amides is 2. The summed E-state index contributed by atoms with van der Waals surface area (Å²) in [6, 6.07) is 22.4. The lowest BCUT2D eigenvalue weighted by Gasteiger charge is -2.34. The van der Waals surface area contributed by atoms with Crippen LogP contribution in [0.15, 0.2) is 72.8 Å². The Kier molecular flexibility index (Phi) is 8.56. The maximum absolute atomic E-state index is 13.9. The number of benzene rings is 3. The van der Waals surface area contributed by atoms with E-state index in [1.165, 1.54) is 0 Å². The number of rotatable bonds is 10. The van der Waals surface area contributed by atoms with Gasteiger partial charge < -0.3 is 24.4 Å².